The van der Waals surface area contributed by atoms with Crippen molar-refractivity contribution in [2.45, 2.75) is 46.2 Å². The molecule has 2 aromatic heterocycles. The van der Waals surface area contributed by atoms with E-state index in [1.807, 2.05) is 29.8 Å². The average molecular weight is 439 g/mol. The Labute approximate surface area is 185 Å². The maximum Gasteiger partial charge on any atom is 0.359 e. The molecular formula is C23H26N4O3S. The van der Waals surface area contributed by atoms with E-state index >= 15 is 0 Å². The topological polar surface area (TPSA) is 77.3 Å². The fraction of sp³-hybridized carbons (Fsp3) is 0.391. The van der Waals surface area contributed by atoms with E-state index in [9.17, 15) is 9.59 Å². The Balaban J connectivity index is 1.54. The number of fused-ring (bicyclic) bond motifs is 1. The second-order valence-corrected chi connectivity index (χ2v) is 8.60. The summed E-state index contributed by atoms with van der Waals surface area (Å²) in [6, 6.07) is 10.3. The number of nitrogens with zero attached hydrogens (tertiary/aromatic N) is 4. The van der Waals surface area contributed by atoms with Crippen LogP contribution in [0.3, 0.4) is 0 Å². The van der Waals surface area contributed by atoms with Gasteiger partial charge in [-0.25, -0.2) is 9.78 Å². The molecule has 4 rings (SSSR count). The lowest BCUT2D eigenvalue weighted by Gasteiger charge is -2.27. The zero-order valence-corrected chi connectivity index (χ0v) is 18.7. The minimum Gasteiger partial charge on any atom is -0.461 e. The number of aryl methyl sites for hydroxylation is 3. The van der Waals surface area contributed by atoms with Crippen LogP contribution in [0, 0.1) is 6.92 Å². The number of hydrogen-bond acceptors (Lipinski definition) is 6. The second kappa shape index (κ2) is 9.43. The number of ether oxygens (including phenoxy) is 1. The summed E-state index contributed by atoms with van der Waals surface area (Å²) < 4.78 is 7.17. The van der Waals surface area contributed by atoms with Gasteiger partial charge in [0.1, 0.15) is 5.69 Å². The van der Waals surface area contributed by atoms with Crippen LogP contribution in [0.5, 0.6) is 0 Å². The van der Waals surface area contributed by atoms with Gasteiger partial charge >= 0.3 is 5.97 Å². The first kappa shape index (κ1) is 21.2. The molecule has 3 aromatic rings. The van der Waals surface area contributed by atoms with Crippen molar-refractivity contribution in [3.05, 3.63) is 68.9 Å². The van der Waals surface area contributed by atoms with Crippen LogP contribution in [0.1, 0.15) is 56.1 Å². The lowest BCUT2D eigenvalue weighted by atomic mass is 10.0. The minimum absolute atomic E-state index is 0.110. The molecule has 162 valence electrons. The highest BCUT2D eigenvalue weighted by Crippen LogP contribution is 2.25. The fourth-order valence-electron chi connectivity index (χ4n) is 3.91. The van der Waals surface area contributed by atoms with Crippen molar-refractivity contribution in [2.24, 2.45) is 0 Å². The van der Waals surface area contributed by atoms with Gasteiger partial charge in [-0.05, 0) is 32.3 Å². The van der Waals surface area contributed by atoms with Gasteiger partial charge in [0.15, 0.2) is 5.69 Å². The highest BCUT2D eigenvalue weighted by Gasteiger charge is 2.31. The molecule has 0 unspecified atom stereocenters. The monoisotopic (exact) mass is 438 g/mol. The maximum atomic E-state index is 12.9. The summed E-state index contributed by atoms with van der Waals surface area (Å²) >= 11 is 1.46. The van der Waals surface area contributed by atoms with Crippen LogP contribution < -0.4 is 0 Å². The van der Waals surface area contributed by atoms with Crippen LogP contribution in [-0.2, 0) is 30.7 Å². The van der Waals surface area contributed by atoms with E-state index in [0.717, 1.165) is 35.7 Å². The molecule has 1 aliphatic heterocycles. The number of aromatic nitrogens is 3. The van der Waals surface area contributed by atoms with E-state index in [1.165, 1.54) is 16.9 Å². The number of carbonyl (C=O) groups is 2. The Hall–Kier alpha value is -3.00. The number of hydrogen-bond donors (Lipinski definition) is 0. The molecule has 0 spiro atoms. The van der Waals surface area contributed by atoms with E-state index in [0.29, 0.717) is 30.9 Å². The molecular weight excluding hydrogens is 412 g/mol. The Morgan fingerprint density at radius 3 is 2.74 bits per heavy atom. The average Bonchev–Trinajstić information content (AvgIpc) is 3.38. The predicted molar refractivity (Wildman–Crippen MR) is 118 cm³/mol. The lowest BCUT2D eigenvalue weighted by Crippen LogP contribution is -2.37. The van der Waals surface area contributed by atoms with Crippen LogP contribution in [-0.4, -0.2) is 44.7 Å². The highest BCUT2D eigenvalue weighted by atomic mass is 32.1. The van der Waals surface area contributed by atoms with Crippen molar-refractivity contribution in [3.63, 3.8) is 0 Å². The molecule has 0 aliphatic carbocycles. The molecule has 0 N–H and O–H groups in total. The van der Waals surface area contributed by atoms with Crippen molar-refractivity contribution in [1.29, 1.82) is 0 Å². The van der Waals surface area contributed by atoms with E-state index in [4.69, 9.17) is 4.74 Å². The largest absolute Gasteiger partial charge is 0.461 e. The van der Waals surface area contributed by atoms with Gasteiger partial charge in [-0.2, -0.15) is 5.10 Å². The standard InChI is InChI=1S/C23H26N4O3S/c1-3-30-23(29)21-18-14-26(22(28)19-15-31-16(2)24-19)13-11-20(18)27(25-21)12-7-10-17-8-5-4-6-9-17/h4-6,8-9,15H,3,7,10-14H2,1-2H3. The van der Waals surface area contributed by atoms with Crippen LogP contribution in [0.15, 0.2) is 35.7 Å². The first-order chi connectivity index (χ1) is 15.1. The van der Waals surface area contributed by atoms with E-state index in [2.05, 4.69) is 22.2 Å². The van der Waals surface area contributed by atoms with Crippen molar-refractivity contribution in [1.82, 2.24) is 19.7 Å². The van der Waals surface area contributed by atoms with Gasteiger partial charge in [-0.15, -0.1) is 11.3 Å². The molecule has 8 heteroatoms. The molecule has 0 bridgehead atoms. The van der Waals surface area contributed by atoms with Gasteiger partial charge in [0.25, 0.3) is 5.91 Å². The Morgan fingerprint density at radius 2 is 2.03 bits per heavy atom. The van der Waals surface area contributed by atoms with E-state index < -0.39 is 5.97 Å². The van der Waals surface area contributed by atoms with Crippen LogP contribution in [0.25, 0.3) is 0 Å². The van der Waals surface area contributed by atoms with Crippen molar-refractivity contribution in [3.8, 4) is 0 Å². The summed E-state index contributed by atoms with van der Waals surface area (Å²) in [6.07, 6.45) is 2.51. The summed E-state index contributed by atoms with van der Waals surface area (Å²) in [5.74, 6) is -0.541. The third kappa shape index (κ3) is 4.69. The zero-order chi connectivity index (χ0) is 21.8. The first-order valence-corrected chi connectivity index (χ1v) is 11.5. The SMILES string of the molecule is CCOC(=O)c1nn(CCCc2ccccc2)c2c1CN(C(=O)c1csc(C)n1)CC2. The van der Waals surface area contributed by atoms with Gasteiger partial charge in [-0.3, -0.25) is 9.48 Å². The Bertz CT molecular complexity index is 1070. The van der Waals surface area contributed by atoms with E-state index in [1.54, 1.807) is 17.2 Å². The zero-order valence-electron chi connectivity index (χ0n) is 17.8. The predicted octanol–water partition coefficient (Wildman–Crippen LogP) is 3.66. The fourth-order valence-corrected chi connectivity index (χ4v) is 4.50. The molecule has 1 aliphatic rings. The van der Waals surface area contributed by atoms with Gasteiger partial charge in [0, 0.05) is 36.1 Å². The molecule has 0 saturated carbocycles. The van der Waals surface area contributed by atoms with Gasteiger partial charge in [-0.1, -0.05) is 30.3 Å². The Morgan fingerprint density at radius 1 is 1.23 bits per heavy atom. The number of carbonyl (C=O) groups excluding carboxylic acids is 2. The second-order valence-electron chi connectivity index (χ2n) is 7.54. The molecule has 3 heterocycles. The summed E-state index contributed by atoms with van der Waals surface area (Å²) in [7, 11) is 0. The number of benzene rings is 1. The third-order valence-electron chi connectivity index (χ3n) is 5.41. The highest BCUT2D eigenvalue weighted by molar-refractivity contribution is 7.09. The minimum atomic E-state index is -0.431. The molecule has 0 fully saturated rings. The van der Waals surface area contributed by atoms with Crippen molar-refractivity contribution in [2.75, 3.05) is 13.2 Å². The Kier molecular flexibility index (Phi) is 6.46. The van der Waals surface area contributed by atoms with Crippen LogP contribution in [0.4, 0.5) is 0 Å². The summed E-state index contributed by atoms with van der Waals surface area (Å²) in [5, 5.41) is 7.25. The number of thiazole rings is 1. The van der Waals surface area contributed by atoms with Gasteiger partial charge < -0.3 is 9.64 Å². The smallest absolute Gasteiger partial charge is 0.359 e. The van der Waals surface area contributed by atoms with Crippen LogP contribution in [0.2, 0.25) is 0 Å². The first-order valence-electron chi connectivity index (χ1n) is 10.6. The summed E-state index contributed by atoms with van der Waals surface area (Å²) in [6.45, 7) is 5.59. The molecule has 7 nitrogen and oxygen atoms in total. The van der Waals surface area contributed by atoms with Crippen LogP contribution >= 0.6 is 11.3 Å². The van der Waals surface area contributed by atoms with Crippen molar-refractivity contribution >= 4 is 23.2 Å². The molecule has 31 heavy (non-hydrogen) atoms. The quantitative estimate of drug-likeness (QED) is 0.526. The molecule has 0 atom stereocenters. The third-order valence-corrected chi connectivity index (χ3v) is 6.18. The van der Waals surface area contributed by atoms with Crippen molar-refractivity contribution < 1.29 is 14.3 Å². The summed E-state index contributed by atoms with van der Waals surface area (Å²) in [4.78, 5) is 31.5. The van der Waals surface area contributed by atoms with Gasteiger partial charge in [0.05, 0.1) is 18.2 Å². The molecule has 0 saturated heterocycles. The number of amides is 1. The normalized spacial score (nSPS) is 13.2. The van der Waals surface area contributed by atoms with Gasteiger partial charge in [0.2, 0.25) is 0 Å². The van der Waals surface area contributed by atoms with E-state index in [-0.39, 0.29) is 12.5 Å². The molecule has 1 aromatic carbocycles. The number of rotatable bonds is 7. The summed E-state index contributed by atoms with van der Waals surface area (Å²) in [5.41, 5.74) is 3.88. The number of esters is 1. The molecule has 0 radical (unpaired) electrons. The maximum absolute atomic E-state index is 12.9. The lowest BCUT2D eigenvalue weighted by molar-refractivity contribution is 0.0513. The molecule has 1 amide bonds.